The van der Waals surface area contributed by atoms with Gasteiger partial charge in [-0.2, -0.15) is 4.39 Å². The summed E-state index contributed by atoms with van der Waals surface area (Å²) >= 11 is 0. The van der Waals surface area contributed by atoms with Gasteiger partial charge in [0.1, 0.15) is 11.2 Å². The molecule has 0 saturated carbocycles. The van der Waals surface area contributed by atoms with Crippen LogP contribution in [0.1, 0.15) is 31.1 Å². The number of carbonyl (C=O) groups excluding carboxylic acids is 1. The van der Waals surface area contributed by atoms with E-state index in [2.05, 4.69) is 0 Å². The third-order valence-electron chi connectivity index (χ3n) is 1.79. The fourth-order valence-corrected chi connectivity index (χ4v) is 1.15. The Kier molecular flexibility index (Phi) is 3.45. The molecule has 0 spiro atoms. The second-order valence-corrected chi connectivity index (χ2v) is 4.40. The summed E-state index contributed by atoms with van der Waals surface area (Å²) in [5, 5.41) is 10.5. The second-order valence-electron chi connectivity index (χ2n) is 4.40. The van der Waals surface area contributed by atoms with Crippen molar-refractivity contribution in [3.05, 3.63) is 39.7 Å². The Balaban J connectivity index is 3.11. The first-order valence-electron chi connectivity index (χ1n) is 4.88. The average Bonchev–Trinajstić information content (AvgIpc) is 2.14. The normalized spacial score (nSPS) is 11.1. The smallest absolute Gasteiger partial charge is 0.341 e. The van der Waals surface area contributed by atoms with Crippen molar-refractivity contribution in [2.45, 2.75) is 26.4 Å². The molecule has 0 amide bonds. The zero-order chi connectivity index (χ0) is 13.2. The molecular formula is C11H12FNO4. The quantitative estimate of drug-likeness (QED) is 0.453. The van der Waals surface area contributed by atoms with Crippen LogP contribution >= 0.6 is 0 Å². The van der Waals surface area contributed by atoms with Crippen LogP contribution in [0.5, 0.6) is 0 Å². The van der Waals surface area contributed by atoms with E-state index < -0.39 is 33.6 Å². The average molecular weight is 241 g/mol. The van der Waals surface area contributed by atoms with E-state index in [-0.39, 0.29) is 0 Å². The van der Waals surface area contributed by atoms with Crippen LogP contribution in [0.15, 0.2) is 18.2 Å². The van der Waals surface area contributed by atoms with Crippen molar-refractivity contribution in [2.75, 3.05) is 0 Å². The topological polar surface area (TPSA) is 69.4 Å². The lowest BCUT2D eigenvalue weighted by Crippen LogP contribution is -2.24. The Labute approximate surface area is 97.3 Å². The molecule has 0 aliphatic carbocycles. The highest BCUT2D eigenvalue weighted by atomic mass is 19.1. The maximum atomic E-state index is 13.6. The minimum atomic E-state index is -1.17. The van der Waals surface area contributed by atoms with Crippen LogP contribution in [-0.2, 0) is 4.74 Å². The van der Waals surface area contributed by atoms with Gasteiger partial charge in [0.2, 0.25) is 5.82 Å². The van der Waals surface area contributed by atoms with Gasteiger partial charge in [-0.1, -0.05) is 6.07 Å². The molecule has 17 heavy (non-hydrogen) atoms. The van der Waals surface area contributed by atoms with Gasteiger partial charge in [0.25, 0.3) is 0 Å². The van der Waals surface area contributed by atoms with Gasteiger partial charge in [-0.25, -0.2) is 4.79 Å². The highest BCUT2D eigenvalue weighted by molar-refractivity contribution is 5.90. The molecule has 0 heterocycles. The molecule has 0 unspecified atom stereocenters. The fraction of sp³-hybridized carbons (Fsp3) is 0.364. The number of ether oxygens (including phenoxy) is 1. The van der Waals surface area contributed by atoms with Crippen molar-refractivity contribution in [3.63, 3.8) is 0 Å². The van der Waals surface area contributed by atoms with Crippen LogP contribution < -0.4 is 0 Å². The van der Waals surface area contributed by atoms with Gasteiger partial charge < -0.3 is 4.74 Å². The van der Waals surface area contributed by atoms with E-state index in [1.807, 2.05) is 0 Å². The van der Waals surface area contributed by atoms with E-state index in [1.54, 1.807) is 20.8 Å². The summed E-state index contributed by atoms with van der Waals surface area (Å²) < 4.78 is 18.5. The molecule has 92 valence electrons. The molecule has 0 bridgehead atoms. The summed E-state index contributed by atoms with van der Waals surface area (Å²) in [7, 11) is 0. The van der Waals surface area contributed by atoms with Gasteiger partial charge in [-0.3, -0.25) is 10.1 Å². The number of nitrogens with zero attached hydrogens (tertiary/aromatic N) is 1. The molecule has 0 aliphatic rings. The maximum absolute atomic E-state index is 13.6. The van der Waals surface area contributed by atoms with Crippen LogP contribution in [0.25, 0.3) is 0 Å². The first kappa shape index (κ1) is 13.1. The van der Waals surface area contributed by atoms with Crippen LogP contribution in [0.3, 0.4) is 0 Å². The van der Waals surface area contributed by atoms with Crippen LogP contribution in [0.4, 0.5) is 10.1 Å². The van der Waals surface area contributed by atoms with Crippen molar-refractivity contribution in [1.82, 2.24) is 0 Å². The van der Waals surface area contributed by atoms with Gasteiger partial charge in [-0.05, 0) is 26.8 Å². The first-order chi connectivity index (χ1) is 7.72. The third-order valence-corrected chi connectivity index (χ3v) is 1.79. The maximum Gasteiger partial charge on any atom is 0.341 e. The van der Waals surface area contributed by atoms with Crippen molar-refractivity contribution < 1.29 is 18.8 Å². The summed E-state index contributed by atoms with van der Waals surface area (Å²) in [6.07, 6.45) is 0. The molecule has 0 saturated heterocycles. The summed E-state index contributed by atoms with van der Waals surface area (Å²) in [4.78, 5) is 21.2. The molecule has 0 fully saturated rings. The predicted octanol–water partition coefficient (Wildman–Crippen LogP) is 2.69. The molecular weight excluding hydrogens is 229 g/mol. The minimum absolute atomic E-state index is 0.436. The Hall–Kier alpha value is -1.98. The number of nitro groups is 1. The van der Waals surface area contributed by atoms with Gasteiger partial charge >= 0.3 is 11.7 Å². The molecule has 0 radical (unpaired) electrons. The highest BCUT2D eigenvalue weighted by Crippen LogP contribution is 2.22. The third kappa shape index (κ3) is 3.24. The van der Waals surface area contributed by atoms with Crippen molar-refractivity contribution in [2.24, 2.45) is 0 Å². The summed E-state index contributed by atoms with van der Waals surface area (Å²) in [6.45, 7) is 4.88. The number of nitro benzene ring substituents is 1. The lowest BCUT2D eigenvalue weighted by Gasteiger charge is -2.19. The van der Waals surface area contributed by atoms with Crippen molar-refractivity contribution in [1.29, 1.82) is 0 Å². The molecule has 0 atom stereocenters. The minimum Gasteiger partial charge on any atom is -0.456 e. The number of carbonyl (C=O) groups is 1. The highest BCUT2D eigenvalue weighted by Gasteiger charge is 2.25. The number of hydrogen-bond donors (Lipinski definition) is 0. The lowest BCUT2D eigenvalue weighted by atomic mass is 10.1. The largest absolute Gasteiger partial charge is 0.456 e. The van der Waals surface area contributed by atoms with Crippen LogP contribution in [0, 0.1) is 15.9 Å². The van der Waals surface area contributed by atoms with Crippen LogP contribution in [0.2, 0.25) is 0 Å². The molecule has 0 aromatic heterocycles. The molecule has 0 N–H and O–H groups in total. The molecule has 1 rings (SSSR count). The number of halogens is 1. The summed E-state index contributed by atoms with van der Waals surface area (Å²) in [5.74, 6) is -2.09. The fourth-order valence-electron chi connectivity index (χ4n) is 1.15. The van der Waals surface area contributed by atoms with E-state index >= 15 is 0 Å². The van der Waals surface area contributed by atoms with Gasteiger partial charge in [-0.15, -0.1) is 0 Å². The SMILES string of the molecule is CC(C)(C)OC(=O)c1cccc([N+](=O)[O-])c1F. The summed E-state index contributed by atoms with van der Waals surface area (Å²) in [6, 6.07) is 3.38. The molecule has 1 aromatic carbocycles. The van der Waals surface area contributed by atoms with Gasteiger partial charge in [0.05, 0.1) is 4.92 Å². The molecule has 0 aliphatic heterocycles. The first-order valence-corrected chi connectivity index (χ1v) is 4.88. The van der Waals surface area contributed by atoms with E-state index in [1.165, 1.54) is 6.07 Å². The standard InChI is InChI=1S/C11H12FNO4/c1-11(2,3)17-10(14)7-5-4-6-8(9(7)12)13(15)16/h4-6H,1-3H3. The van der Waals surface area contributed by atoms with E-state index in [9.17, 15) is 19.3 Å². The second kappa shape index (κ2) is 4.48. The molecule has 5 nitrogen and oxygen atoms in total. The van der Waals surface area contributed by atoms with Crippen LogP contribution in [-0.4, -0.2) is 16.5 Å². The number of benzene rings is 1. The Morgan fingerprint density at radius 1 is 1.41 bits per heavy atom. The zero-order valence-corrected chi connectivity index (χ0v) is 9.69. The Morgan fingerprint density at radius 2 is 2.00 bits per heavy atom. The van der Waals surface area contributed by atoms with Gasteiger partial charge in [0.15, 0.2) is 0 Å². The molecule has 6 heteroatoms. The Bertz CT molecular complexity index is 465. The van der Waals surface area contributed by atoms with E-state index in [4.69, 9.17) is 4.74 Å². The Morgan fingerprint density at radius 3 is 2.47 bits per heavy atom. The summed E-state index contributed by atoms with van der Waals surface area (Å²) in [5.41, 5.74) is -1.96. The number of esters is 1. The van der Waals surface area contributed by atoms with Crippen molar-refractivity contribution in [3.8, 4) is 0 Å². The lowest BCUT2D eigenvalue weighted by molar-refractivity contribution is -0.387. The molecule has 1 aromatic rings. The monoisotopic (exact) mass is 241 g/mol. The van der Waals surface area contributed by atoms with E-state index in [0.29, 0.717) is 0 Å². The van der Waals surface area contributed by atoms with Crippen molar-refractivity contribution >= 4 is 11.7 Å². The number of hydrogen-bond acceptors (Lipinski definition) is 4. The number of rotatable bonds is 2. The van der Waals surface area contributed by atoms with E-state index in [0.717, 1.165) is 12.1 Å². The van der Waals surface area contributed by atoms with Gasteiger partial charge in [0, 0.05) is 6.07 Å². The predicted molar refractivity (Wildman–Crippen MR) is 58.2 cm³/mol. The zero-order valence-electron chi connectivity index (χ0n) is 9.69.